The molecule has 1 aromatic carbocycles. The van der Waals surface area contributed by atoms with E-state index in [4.69, 9.17) is 0 Å². The molecule has 0 radical (unpaired) electrons. The largest absolute Gasteiger partial charge is 0.508 e. The van der Waals surface area contributed by atoms with Gasteiger partial charge in [-0.25, -0.2) is 0 Å². The van der Waals surface area contributed by atoms with Crippen LogP contribution in [-0.2, 0) is 0 Å². The number of aromatic hydroxyl groups is 2. The van der Waals surface area contributed by atoms with Crippen LogP contribution < -0.4 is 5.32 Å². The molecule has 1 atom stereocenters. The molecule has 0 spiro atoms. The van der Waals surface area contributed by atoms with Gasteiger partial charge in [-0.3, -0.25) is 0 Å². The summed E-state index contributed by atoms with van der Waals surface area (Å²) in [5, 5.41) is 33.1. The number of rotatable bonds is 5. The summed E-state index contributed by atoms with van der Waals surface area (Å²) >= 11 is 0. The first-order valence-electron chi connectivity index (χ1n) is 7.91. The number of hydrogen-bond donors (Lipinski definition) is 4. The maximum absolute atomic E-state index is 10.6. The Morgan fingerprint density at radius 3 is 2.52 bits per heavy atom. The first-order valence-corrected chi connectivity index (χ1v) is 7.91. The Bertz CT molecular complexity index is 467. The van der Waals surface area contributed by atoms with Crippen molar-refractivity contribution in [3.8, 4) is 11.5 Å². The Morgan fingerprint density at radius 2 is 1.95 bits per heavy atom. The van der Waals surface area contributed by atoms with Crippen molar-refractivity contribution in [1.29, 1.82) is 0 Å². The normalized spacial score (nSPS) is 27.5. The average Bonchev–Trinajstić information content (AvgIpc) is 2.46. The summed E-state index contributed by atoms with van der Waals surface area (Å²) in [4.78, 5) is 0. The van der Waals surface area contributed by atoms with Crippen molar-refractivity contribution in [1.82, 2.24) is 5.32 Å². The molecule has 1 aliphatic carbocycles. The predicted molar refractivity (Wildman–Crippen MR) is 83.4 cm³/mol. The van der Waals surface area contributed by atoms with Crippen molar-refractivity contribution < 1.29 is 15.3 Å². The lowest BCUT2D eigenvalue weighted by Crippen LogP contribution is -2.44. The minimum Gasteiger partial charge on any atom is -0.508 e. The molecule has 21 heavy (non-hydrogen) atoms. The SMILES string of the molecule is CCC1CCC(O)(CNC(C)c2ccc(O)cc2O)CC1. The first-order chi connectivity index (χ1) is 9.93. The summed E-state index contributed by atoms with van der Waals surface area (Å²) in [7, 11) is 0. The van der Waals surface area contributed by atoms with Crippen LogP contribution in [0.3, 0.4) is 0 Å². The van der Waals surface area contributed by atoms with Crippen LogP contribution >= 0.6 is 0 Å². The third kappa shape index (κ3) is 4.11. The van der Waals surface area contributed by atoms with Gasteiger partial charge in [0.2, 0.25) is 0 Å². The summed E-state index contributed by atoms with van der Waals surface area (Å²) < 4.78 is 0. The summed E-state index contributed by atoms with van der Waals surface area (Å²) in [5.41, 5.74) is 0.102. The smallest absolute Gasteiger partial charge is 0.124 e. The zero-order chi connectivity index (χ0) is 15.5. The molecule has 0 saturated heterocycles. The van der Waals surface area contributed by atoms with Crippen LogP contribution in [0.1, 0.15) is 57.6 Å². The Balaban J connectivity index is 1.90. The van der Waals surface area contributed by atoms with Gasteiger partial charge < -0.3 is 20.6 Å². The maximum atomic E-state index is 10.6. The van der Waals surface area contributed by atoms with Crippen LogP contribution in [0.2, 0.25) is 0 Å². The Morgan fingerprint density at radius 1 is 1.29 bits per heavy atom. The van der Waals surface area contributed by atoms with Crippen LogP contribution in [0, 0.1) is 5.92 Å². The summed E-state index contributed by atoms with van der Waals surface area (Å²) in [6.45, 7) is 4.70. The summed E-state index contributed by atoms with van der Waals surface area (Å²) in [6.07, 6.45) is 5.06. The average molecular weight is 293 g/mol. The second-order valence-corrected chi connectivity index (χ2v) is 6.42. The number of benzene rings is 1. The van der Waals surface area contributed by atoms with Gasteiger partial charge in [-0.15, -0.1) is 0 Å². The topological polar surface area (TPSA) is 72.7 Å². The van der Waals surface area contributed by atoms with Crippen molar-refractivity contribution in [2.45, 2.75) is 57.6 Å². The predicted octanol–water partition coefficient (Wildman–Crippen LogP) is 3.08. The minimum absolute atomic E-state index is 0.0555. The van der Waals surface area contributed by atoms with Crippen LogP contribution in [0.25, 0.3) is 0 Å². The Kier molecular flexibility index (Phi) is 5.12. The molecule has 2 rings (SSSR count). The number of nitrogens with one attached hydrogen (secondary N) is 1. The lowest BCUT2D eigenvalue weighted by atomic mass is 9.77. The van der Waals surface area contributed by atoms with Crippen molar-refractivity contribution in [3.63, 3.8) is 0 Å². The molecule has 1 fully saturated rings. The van der Waals surface area contributed by atoms with E-state index in [0.717, 1.165) is 37.2 Å². The Labute approximate surface area is 126 Å². The zero-order valence-corrected chi connectivity index (χ0v) is 13.0. The number of phenolic OH excluding ortho intramolecular Hbond substituents is 2. The van der Waals surface area contributed by atoms with E-state index >= 15 is 0 Å². The van der Waals surface area contributed by atoms with Gasteiger partial charge in [-0.05, 0) is 44.6 Å². The van der Waals surface area contributed by atoms with Gasteiger partial charge in [0.1, 0.15) is 11.5 Å². The van der Waals surface area contributed by atoms with E-state index in [-0.39, 0.29) is 17.5 Å². The molecule has 4 N–H and O–H groups in total. The van der Waals surface area contributed by atoms with Gasteiger partial charge in [0.25, 0.3) is 0 Å². The summed E-state index contributed by atoms with van der Waals surface area (Å²) in [6, 6.07) is 4.54. The standard InChI is InChI=1S/C17H27NO3/c1-3-13-6-8-17(21,9-7-13)11-18-12(2)15-5-4-14(19)10-16(15)20/h4-5,10,12-13,18-21H,3,6-9,11H2,1-2H3. The van der Waals surface area contributed by atoms with Gasteiger partial charge in [-0.2, -0.15) is 0 Å². The van der Waals surface area contributed by atoms with Crippen LogP contribution in [0.15, 0.2) is 18.2 Å². The number of hydrogen-bond acceptors (Lipinski definition) is 4. The second-order valence-electron chi connectivity index (χ2n) is 6.42. The molecular formula is C17H27NO3. The monoisotopic (exact) mass is 293 g/mol. The minimum atomic E-state index is -0.632. The highest BCUT2D eigenvalue weighted by molar-refractivity contribution is 5.40. The second kappa shape index (κ2) is 6.67. The maximum Gasteiger partial charge on any atom is 0.124 e. The highest BCUT2D eigenvalue weighted by Crippen LogP contribution is 2.34. The van der Waals surface area contributed by atoms with E-state index in [1.165, 1.54) is 12.5 Å². The van der Waals surface area contributed by atoms with E-state index in [2.05, 4.69) is 12.2 Å². The summed E-state index contributed by atoms with van der Waals surface area (Å²) in [5.74, 6) is 0.889. The Hall–Kier alpha value is -1.26. The van der Waals surface area contributed by atoms with Crippen molar-refractivity contribution in [2.75, 3.05) is 6.54 Å². The quantitative estimate of drug-likeness (QED) is 0.673. The number of aliphatic hydroxyl groups is 1. The zero-order valence-electron chi connectivity index (χ0n) is 13.0. The van der Waals surface area contributed by atoms with Gasteiger partial charge in [-0.1, -0.05) is 19.4 Å². The van der Waals surface area contributed by atoms with Gasteiger partial charge in [0.05, 0.1) is 5.60 Å². The van der Waals surface area contributed by atoms with Gasteiger partial charge >= 0.3 is 0 Å². The molecule has 1 aliphatic rings. The first kappa shape index (κ1) is 16.1. The van der Waals surface area contributed by atoms with Crippen LogP contribution in [0.4, 0.5) is 0 Å². The fourth-order valence-electron chi connectivity index (χ4n) is 3.15. The number of phenols is 2. The highest BCUT2D eigenvalue weighted by Gasteiger charge is 2.32. The van der Waals surface area contributed by atoms with E-state index in [0.29, 0.717) is 6.54 Å². The molecule has 0 heterocycles. The molecular weight excluding hydrogens is 266 g/mol. The lowest BCUT2D eigenvalue weighted by Gasteiger charge is -2.36. The highest BCUT2D eigenvalue weighted by atomic mass is 16.3. The van der Waals surface area contributed by atoms with Crippen LogP contribution in [-0.4, -0.2) is 27.5 Å². The molecule has 0 aliphatic heterocycles. The fourth-order valence-corrected chi connectivity index (χ4v) is 3.15. The van der Waals surface area contributed by atoms with E-state index < -0.39 is 5.60 Å². The van der Waals surface area contributed by atoms with Gasteiger partial charge in [0, 0.05) is 24.2 Å². The lowest BCUT2D eigenvalue weighted by molar-refractivity contribution is -0.0104. The molecule has 0 amide bonds. The van der Waals surface area contributed by atoms with E-state index in [9.17, 15) is 15.3 Å². The van der Waals surface area contributed by atoms with Crippen molar-refractivity contribution in [3.05, 3.63) is 23.8 Å². The molecule has 0 bridgehead atoms. The molecule has 4 nitrogen and oxygen atoms in total. The third-order valence-electron chi connectivity index (χ3n) is 4.83. The molecule has 0 aromatic heterocycles. The molecule has 1 saturated carbocycles. The van der Waals surface area contributed by atoms with Crippen molar-refractivity contribution in [2.24, 2.45) is 5.92 Å². The van der Waals surface area contributed by atoms with E-state index in [1.54, 1.807) is 12.1 Å². The van der Waals surface area contributed by atoms with Crippen LogP contribution in [0.5, 0.6) is 11.5 Å². The molecule has 1 unspecified atom stereocenters. The van der Waals surface area contributed by atoms with E-state index in [1.807, 2.05) is 6.92 Å². The molecule has 1 aromatic rings. The third-order valence-corrected chi connectivity index (χ3v) is 4.83. The molecule has 4 heteroatoms. The molecule has 118 valence electrons. The van der Waals surface area contributed by atoms with Gasteiger partial charge in [0.15, 0.2) is 0 Å². The fraction of sp³-hybridized carbons (Fsp3) is 0.647. The van der Waals surface area contributed by atoms with Crippen molar-refractivity contribution >= 4 is 0 Å².